The third-order valence-electron chi connectivity index (χ3n) is 5.35. The van der Waals surface area contributed by atoms with Gasteiger partial charge in [0.2, 0.25) is 10.0 Å². The van der Waals surface area contributed by atoms with Gasteiger partial charge in [-0.3, -0.25) is 0 Å². The lowest BCUT2D eigenvalue weighted by molar-refractivity contribution is 0.228. The Morgan fingerprint density at radius 1 is 1.19 bits per heavy atom. The molecule has 2 bridgehead atoms. The Hall–Kier alpha value is -1.90. The van der Waals surface area contributed by atoms with Gasteiger partial charge in [-0.05, 0) is 50.1 Å². The van der Waals surface area contributed by atoms with Gasteiger partial charge in [-0.25, -0.2) is 13.1 Å². The van der Waals surface area contributed by atoms with Crippen molar-refractivity contribution >= 4 is 10.0 Å². The molecule has 0 N–H and O–H groups in total. The van der Waals surface area contributed by atoms with Crippen LogP contribution in [0.3, 0.4) is 0 Å². The van der Waals surface area contributed by atoms with Gasteiger partial charge in [0, 0.05) is 38.1 Å². The molecule has 3 aliphatic heterocycles. The summed E-state index contributed by atoms with van der Waals surface area (Å²) >= 11 is 0. The zero-order valence-electron chi connectivity index (χ0n) is 15.1. The molecule has 5 rings (SSSR count). The number of fused-ring (bicyclic) bond motifs is 4. The first-order chi connectivity index (χ1) is 12.5. The lowest BCUT2D eigenvalue weighted by atomic mass is 9.97. The fraction of sp³-hybridized carbons (Fsp3) is 0.500. The van der Waals surface area contributed by atoms with Crippen molar-refractivity contribution in [3.05, 3.63) is 36.7 Å². The lowest BCUT2D eigenvalue weighted by Gasteiger charge is -2.35. The molecule has 3 saturated heterocycles. The smallest absolute Gasteiger partial charge is 0.247 e. The second-order valence-electron chi connectivity index (χ2n) is 7.18. The summed E-state index contributed by atoms with van der Waals surface area (Å²) in [5, 5.41) is 4.20. The van der Waals surface area contributed by atoms with Crippen LogP contribution in [-0.4, -0.2) is 67.2 Å². The maximum atomic E-state index is 13.5. The van der Waals surface area contributed by atoms with E-state index < -0.39 is 10.0 Å². The number of likely N-dealkylation sites (N-methyl/N-ethyl adjacent to an activating group) is 1. The Morgan fingerprint density at radius 2 is 2.04 bits per heavy atom. The zero-order valence-corrected chi connectivity index (χ0v) is 15.9. The van der Waals surface area contributed by atoms with Gasteiger partial charge < -0.3 is 9.64 Å². The summed E-state index contributed by atoms with van der Waals surface area (Å²) in [6.07, 6.45) is 5.46. The fourth-order valence-corrected chi connectivity index (χ4v) is 6.02. The molecule has 3 fully saturated rings. The van der Waals surface area contributed by atoms with Gasteiger partial charge in [-0.15, -0.1) is 0 Å². The highest BCUT2D eigenvalue weighted by Crippen LogP contribution is 2.35. The average Bonchev–Trinajstić information content (AvgIpc) is 3.04. The van der Waals surface area contributed by atoms with Gasteiger partial charge in [-0.1, -0.05) is 0 Å². The maximum Gasteiger partial charge on any atom is 0.247 e. The molecule has 0 radical (unpaired) electrons. The highest BCUT2D eigenvalue weighted by molar-refractivity contribution is 7.89. The van der Waals surface area contributed by atoms with E-state index in [1.165, 1.54) is 7.11 Å². The van der Waals surface area contributed by atoms with Crippen LogP contribution in [-0.2, 0) is 10.0 Å². The molecule has 0 saturated carbocycles. The van der Waals surface area contributed by atoms with Gasteiger partial charge in [0.15, 0.2) is 0 Å². The van der Waals surface area contributed by atoms with Crippen LogP contribution < -0.4 is 4.74 Å². The first-order valence-corrected chi connectivity index (χ1v) is 10.3. The number of hydrogen-bond donors (Lipinski definition) is 0. The van der Waals surface area contributed by atoms with E-state index in [1.54, 1.807) is 33.5 Å². The summed E-state index contributed by atoms with van der Waals surface area (Å²) in [5.74, 6) is 0.753. The van der Waals surface area contributed by atoms with Gasteiger partial charge in [0.25, 0.3) is 0 Å². The van der Waals surface area contributed by atoms with Crippen molar-refractivity contribution < 1.29 is 13.2 Å². The third kappa shape index (κ3) is 3.02. The first kappa shape index (κ1) is 17.5. The molecule has 4 heterocycles. The molecule has 140 valence electrons. The number of methoxy groups -OCH3 is 1. The number of sulfonamides is 1. The first-order valence-electron chi connectivity index (χ1n) is 8.87. The minimum absolute atomic E-state index is 0.0156. The van der Waals surface area contributed by atoms with E-state index >= 15 is 0 Å². The normalized spacial score (nSPS) is 24.5. The summed E-state index contributed by atoms with van der Waals surface area (Å²) in [5.41, 5.74) is 0.700. The number of hydrogen-bond acceptors (Lipinski definition) is 5. The van der Waals surface area contributed by atoms with Crippen LogP contribution in [0.25, 0.3) is 5.69 Å². The topological polar surface area (TPSA) is 67.7 Å². The monoisotopic (exact) mass is 376 g/mol. The number of rotatable bonds is 4. The summed E-state index contributed by atoms with van der Waals surface area (Å²) in [4.78, 5) is 2.46. The van der Waals surface area contributed by atoms with Crippen molar-refractivity contribution in [1.82, 2.24) is 19.0 Å². The number of benzene rings is 1. The molecule has 3 aliphatic rings. The molecule has 0 amide bonds. The van der Waals surface area contributed by atoms with E-state index in [0.29, 0.717) is 23.9 Å². The predicted molar refractivity (Wildman–Crippen MR) is 98.0 cm³/mol. The summed E-state index contributed by atoms with van der Waals surface area (Å²) in [6, 6.07) is 6.99. The largest absolute Gasteiger partial charge is 0.495 e. The van der Waals surface area contributed by atoms with Crippen molar-refractivity contribution in [2.75, 3.05) is 33.8 Å². The van der Waals surface area contributed by atoms with Crippen LogP contribution in [0.5, 0.6) is 5.75 Å². The Bertz CT molecular complexity index is 882. The van der Waals surface area contributed by atoms with Gasteiger partial charge in [-0.2, -0.15) is 9.40 Å². The molecule has 8 heteroatoms. The second-order valence-corrected chi connectivity index (χ2v) is 9.04. The Morgan fingerprint density at radius 3 is 2.77 bits per heavy atom. The van der Waals surface area contributed by atoms with E-state index in [9.17, 15) is 8.42 Å². The molecule has 7 nitrogen and oxygen atoms in total. The van der Waals surface area contributed by atoms with E-state index in [-0.39, 0.29) is 10.9 Å². The number of nitrogens with zero attached hydrogens (tertiary/aromatic N) is 4. The van der Waals surface area contributed by atoms with Gasteiger partial charge in [0.05, 0.1) is 12.8 Å². The van der Waals surface area contributed by atoms with Crippen molar-refractivity contribution in [2.24, 2.45) is 5.92 Å². The van der Waals surface area contributed by atoms with Gasteiger partial charge >= 0.3 is 0 Å². The average molecular weight is 376 g/mol. The molecule has 0 unspecified atom stereocenters. The molecule has 0 aliphatic carbocycles. The van der Waals surface area contributed by atoms with E-state index in [4.69, 9.17) is 4.74 Å². The van der Waals surface area contributed by atoms with Crippen LogP contribution in [0.15, 0.2) is 41.6 Å². The summed E-state index contributed by atoms with van der Waals surface area (Å²) in [6.45, 7) is 2.30. The van der Waals surface area contributed by atoms with E-state index in [0.717, 1.165) is 25.9 Å². The highest BCUT2D eigenvalue weighted by atomic mass is 32.2. The van der Waals surface area contributed by atoms with E-state index in [2.05, 4.69) is 17.0 Å². The van der Waals surface area contributed by atoms with Crippen molar-refractivity contribution in [3.63, 3.8) is 0 Å². The molecule has 2 atom stereocenters. The fourth-order valence-electron chi connectivity index (χ4n) is 4.13. The Kier molecular flexibility index (Phi) is 4.50. The molecule has 1 aromatic carbocycles. The number of ether oxygens (including phenoxy) is 1. The van der Waals surface area contributed by atoms with Gasteiger partial charge in [0.1, 0.15) is 10.6 Å². The minimum atomic E-state index is -3.66. The molecular weight excluding hydrogens is 352 g/mol. The van der Waals surface area contributed by atoms with E-state index in [1.807, 2.05) is 12.1 Å². The number of piperidine rings is 1. The predicted octanol–water partition coefficient (Wildman–Crippen LogP) is 1.60. The number of aromatic nitrogens is 2. The Labute approximate surface area is 154 Å². The molecule has 26 heavy (non-hydrogen) atoms. The van der Waals surface area contributed by atoms with Crippen LogP contribution in [0.2, 0.25) is 0 Å². The van der Waals surface area contributed by atoms with Crippen LogP contribution in [0.4, 0.5) is 0 Å². The second kappa shape index (κ2) is 6.68. The zero-order chi connectivity index (χ0) is 18.3. The van der Waals surface area contributed by atoms with Crippen molar-refractivity contribution in [1.29, 1.82) is 0 Å². The summed E-state index contributed by atoms with van der Waals surface area (Å²) < 4.78 is 35.8. The van der Waals surface area contributed by atoms with Crippen molar-refractivity contribution in [2.45, 2.75) is 23.8 Å². The molecular formula is C18H24N4O3S. The summed E-state index contributed by atoms with van der Waals surface area (Å²) in [7, 11) is -0.0814. The minimum Gasteiger partial charge on any atom is -0.495 e. The van der Waals surface area contributed by atoms with Crippen LogP contribution >= 0.6 is 0 Å². The quantitative estimate of drug-likeness (QED) is 0.811. The van der Waals surface area contributed by atoms with Crippen molar-refractivity contribution in [3.8, 4) is 11.4 Å². The molecule has 2 aromatic rings. The lowest BCUT2D eigenvalue weighted by Crippen LogP contribution is -2.47. The highest BCUT2D eigenvalue weighted by Gasteiger charge is 2.41. The van der Waals surface area contributed by atoms with Crippen LogP contribution in [0, 0.1) is 5.92 Å². The molecule has 0 spiro atoms. The SMILES string of the molecule is COc1ccc(-n2cccn2)cc1S(=O)(=O)N1C[C@@H]2CC[C@H]1CN(C)C2. The standard InChI is InChI=1S/C18H24N4O3S/c1-20-11-14-4-5-16(13-20)22(12-14)26(23,24)18-10-15(6-7-17(18)25-2)21-9-3-8-19-21/h3,6-10,14,16H,4-5,11-13H2,1-2H3/t14-,16+/m1/s1. The third-order valence-corrected chi connectivity index (χ3v) is 7.29. The van der Waals surface area contributed by atoms with Crippen LogP contribution in [0.1, 0.15) is 12.8 Å². The molecule has 1 aromatic heterocycles. The maximum absolute atomic E-state index is 13.5. The Balaban J connectivity index is 1.77.